The molecule has 0 spiro atoms. The minimum atomic E-state index is -0.343. The number of carbonyl (C=O) groups is 1. The number of benzene rings is 1. The van der Waals surface area contributed by atoms with Crippen LogP contribution < -0.4 is 0 Å². The molecule has 1 aliphatic rings. The van der Waals surface area contributed by atoms with Crippen LogP contribution in [0.2, 0.25) is 0 Å². The van der Waals surface area contributed by atoms with Gasteiger partial charge in [0.15, 0.2) is 0 Å². The Labute approximate surface area is 80.4 Å². The van der Waals surface area contributed by atoms with Gasteiger partial charge in [0, 0.05) is 5.56 Å². The average Bonchev–Trinajstić information content (AvgIpc) is 2.65. The zero-order chi connectivity index (χ0) is 9.97. The number of oxime groups is 1. The third kappa shape index (κ3) is 1.48. The molecule has 0 saturated carbocycles. The van der Waals surface area contributed by atoms with Crippen LogP contribution in [-0.2, 0) is 9.63 Å². The van der Waals surface area contributed by atoms with E-state index < -0.39 is 0 Å². The van der Waals surface area contributed by atoms with Crippen molar-refractivity contribution in [1.29, 1.82) is 5.26 Å². The number of nitrogens with zero attached hydrogens (tertiary/aromatic N) is 2. The van der Waals surface area contributed by atoms with Gasteiger partial charge in [-0.3, -0.25) is 0 Å². The van der Waals surface area contributed by atoms with E-state index in [4.69, 9.17) is 5.26 Å². The molecule has 1 aliphatic heterocycles. The first kappa shape index (κ1) is 8.45. The van der Waals surface area contributed by atoms with Crippen LogP contribution in [0.4, 0.5) is 0 Å². The van der Waals surface area contributed by atoms with Crippen molar-refractivity contribution in [1.82, 2.24) is 0 Å². The second kappa shape index (κ2) is 3.30. The summed E-state index contributed by atoms with van der Waals surface area (Å²) in [5.74, 6) is -0.343. The van der Waals surface area contributed by atoms with Crippen molar-refractivity contribution in [2.75, 3.05) is 0 Å². The van der Waals surface area contributed by atoms with Crippen LogP contribution >= 0.6 is 0 Å². The molecule has 1 aromatic carbocycles. The third-order valence-corrected chi connectivity index (χ3v) is 1.92. The highest BCUT2D eigenvalue weighted by atomic mass is 16.7. The predicted octanol–water partition coefficient (Wildman–Crippen LogP) is 1.21. The van der Waals surface area contributed by atoms with Crippen LogP contribution in [0.25, 0.3) is 0 Å². The second-order valence-corrected chi connectivity index (χ2v) is 2.87. The van der Waals surface area contributed by atoms with E-state index in [1.807, 2.05) is 6.07 Å². The third-order valence-electron chi connectivity index (χ3n) is 1.92. The molecular formula is C10H6N2O2. The van der Waals surface area contributed by atoms with Gasteiger partial charge in [-0.1, -0.05) is 17.3 Å². The molecule has 1 aromatic rings. The minimum absolute atomic E-state index is 0.200. The van der Waals surface area contributed by atoms with E-state index in [1.54, 1.807) is 24.3 Å². The van der Waals surface area contributed by atoms with E-state index >= 15 is 0 Å². The normalized spacial score (nSPS) is 14.5. The van der Waals surface area contributed by atoms with Gasteiger partial charge in [0.1, 0.15) is 0 Å². The first-order valence-corrected chi connectivity index (χ1v) is 4.07. The van der Waals surface area contributed by atoms with Crippen LogP contribution in [0.5, 0.6) is 0 Å². The number of carbonyl (C=O) groups excluding carboxylic acids is 1. The predicted molar refractivity (Wildman–Crippen MR) is 48.4 cm³/mol. The smallest absolute Gasteiger partial charge is 0.318 e. The molecule has 0 fully saturated rings. The monoisotopic (exact) mass is 186 g/mol. The molecule has 0 aromatic heterocycles. The molecule has 0 aliphatic carbocycles. The molecule has 1 heterocycles. The Morgan fingerprint density at radius 3 is 2.57 bits per heavy atom. The quantitative estimate of drug-likeness (QED) is 0.619. The summed E-state index contributed by atoms with van der Waals surface area (Å²) in [7, 11) is 0. The van der Waals surface area contributed by atoms with Crippen LogP contribution in [0.3, 0.4) is 0 Å². The summed E-state index contributed by atoms with van der Waals surface area (Å²) in [4.78, 5) is 15.2. The van der Waals surface area contributed by atoms with Gasteiger partial charge in [0.05, 0.1) is 23.8 Å². The highest BCUT2D eigenvalue weighted by Gasteiger charge is 2.18. The van der Waals surface area contributed by atoms with Gasteiger partial charge >= 0.3 is 5.97 Å². The van der Waals surface area contributed by atoms with Gasteiger partial charge in [-0.25, -0.2) is 4.79 Å². The van der Waals surface area contributed by atoms with Crippen molar-refractivity contribution in [2.24, 2.45) is 5.16 Å². The molecule has 2 rings (SSSR count). The number of hydrogen-bond acceptors (Lipinski definition) is 4. The van der Waals surface area contributed by atoms with E-state index in [-0.39, 0.29) is 12.4 Å². The van der Waals surface area contributed by atoms with E-state index in [2.05, 4.69) is 9.99 Å². The molecule has 4 heteroatoms. The maximum atomic E-state index is 10.8. The van der Waals surface area contributed by atoms with Gasteiger partial charge in [-0.2, -0.15) is 5.26 Å². The molecule has 0 saturated heterocycles. The largest absolute Gasteiger partial charge is 0.341 e. The van der Waals surface area contributed by atoms with Crippen molar-refractivity contribution in [3.8, 4) is 6.07 Å². The first-order chi connectivity index (χ1) is 6.79. The molecule has 68 valence electrons. The van der Waals surface area contributed by atoms with Crippen molar-refractivity contribution >= 4 is 11.7 Å². The van der Waals surface area contributed by atoms with E-state index in [0.717, 1.165) is 5.56 Å². The van der Waals surface area contributed by atoms with Crippen molar-refractivity contribution in [3.05, 3.63) is 35.4 Å². The molecule has 0 atom stereocenters. The fourth-order valence-electron chi connectivity index (χ4n) is 1.20. The lowest BCUT2D eigenvalue weighted by Crippen LogP contribution is -2.00. The van der Waals surface area contributed by atoms with Crippen LogP contribution in [0.15, 0.2) is 29.4 Å². The van der Waals surface area contributed by atoms with Gasteiger partial charge in [0.25, 0.3) is 0 Å². The topological polar surface area (TPSA) is 62.4 Å². The summed E-state index contributed by atoms with van der Waals surface area (Å²) >= 11 is 0. The fraction of sp³-hybridized carbons (Fsp3) is 0.100. The highest BCUT2D eigenvalue weighted by Crippen LogP contribution is 2.12. The molecular weight excluding hydrogens is 180 g/mol. The summed E-state index contributed by atoms with van der Waals surface area (Å²) in [5, 5.41) is 12.2. The average molecular weight is 186 g/mol. The lowest BCUT2D eigenvalue weighted by Gasteiger charge is -1.95. The highest BCUT2D eigenvalue weighted by molar-refractivity contribution is 6.11. The molecule has 0 unspecified atom stereocenters. The summed E-state index contributed by atoms with van der Waals surface area (Å²) < 4.78 is 0. The molecule has 4 nitrogen and oxygen atoms in total. The van der Waals surface area contributed by atoms with Crippen molar-refractivity contribution in [2.45, 2.75) is 6.42 Å². The SMILES string of the molecule is N#Cc1ccc(C2=NOC(=O)C2)cc1. The summed E-state index contributed by atoms with van der Waals surface area (Å²) in [6.07, 6.45) is 0.200. The fourth-order valence-corrected chi connectivity index (χ4v) is 1.20. The van der Waals surface area contributed by atoms with Crippen LogP contribution in [0.1, 0.15) is 17.5 Å². The Kier molecular flexibility index (Phi) is 1.99. The Morgan fingerprint density at radius 2 is 2.07 bits per heavy atom. The standard InChI is InChI=1S/C10H6N2O2/c11-6-7-1-3-8(4-2-7)9-5-10(13)14-12-9/h1-4H,5H2. The molecule has 0 N–H and O–H groups in total. The van der Waals surface area contributed by atoms with E-state index in [9.17, 15) is 4.79 Å². The van der Waals surface area contributed by atoms with Crippen molar-refractivity contribution < 1.29 is 9.63 Å². The van der Waals surface area contributed by atoms with Gasteiger partial charge < -0.3 is 4.84 Å². The summed E-state index contributed by atoms with van der Waals surface area (Å²) in [6.45, 7) is 0. The van der Waals surface area contributed by atoms with Gasteiger partial charge in [-0.15, -0.1) is 0 Å². The first-order valence-electron chi connectivity index (χ1n) is 4.07. The zero-order valence-corrected chi connectivity index (χ0v) is 7.23. The Balaban J connectivity index is 2.27. The molecule has 0 bridgehead atoms. The zero-order valence-electron chi connectivity index (χ0n) is 7.23. The van der Waals surface area contributed by atoms with E-state index in [1.165, 1.54) is 0 Å². The Bertz CT molecular complexity index is 440. The summed E-state index contributed by atoms with van der Waals surface area (Å²) in [5.41, 5.74) is 2.01. The number of rotatable bonds is 1. The van der Waals surface area contributed by atoms with Gasteiger partial charge in [0.2, 0.25) is 0 Å². The lowest BCUT2D eigenvalue weighted by atomic mass is 10.1. The minimum Gasteiger partial charge on any atom is -0.318 e. The second-order valence-electron chi connectivity index (χ2n) is 2.87. The lowest BCUT2D eigenvalue weighted by molar-refractivity contribution is -0.140. The maximum Gasteiger partial charge on any atom is 0.341 e. The number of nitriles is 1. The molecule has 0 amide bonds. The number of hydrogen-bond donors (Lipinski definition) is 0. The Morgan fingerprint density at radius 1 is 1.36 bits per heavy atom. The summed E-state index contributed by atoms with van der Waals surface area (Å²) in [6, 6.07) is 8.88. The van der Waals surface area contributed by atoms with Crippen LogP contribution in [0, 0.1) is 11.3 Å². The van der Waals surface area contributed by atoms with Gasteiger partial charge in [-0.05, 0) is 12.1 Å². The maximum absolute atomic E-state index is 10.8. The molecule has 0 radical (unpaired) electrons. The molecule has 14 heavy (non-hydrogen) atoms. The van der Waals surface area contributed by atoms with Crippen LogP contribution in [-0.4, -0.2) is 11.7 Å². The Hall–Kier alpha value is -2.15. The van der Waals surface area contributed by atoms with E-state index in [0.29, 0.717) is 11.3 Å². The van der Waals surface area contributed by atoms with Crippen molar-refractivity contribution in [3.63, 3.8) is 0 Å².